The first-order valence-corrected chi connectivity index (χ1v) is 5.47. The summed E-state index contributed by atoms with van der Waals surface area (Å²) in [6, 6.07) is 8.14. The van der Waals surface area contributed by atoms with Gasteiger partial charge < -0.3 is 5.73 Å². The second-order valence-electron chi connectivity index (χ2n) is 4.20. The minimum Gasteiger partial charge on any atom is -0.399 e. The molecule has 0 saturated heterocycles. The van der Waals surface area contributed by atoms with Gasteiger partial charge in [-0.25, -0.2) is 0 Å². The summed E-state index contributed by atoms with van der Waals surface area (Å²) in [6.07, 6.45) is 9.07. The van der Waals surface area contributed by atoms with Crippen LogP contribution in [-0.4, -0.2) is 0 Å². The van der Waals surface area contributed by atoms with Crippen LogP contribution in [0.2, 0.25) is 0 Å². The summed E-state index contributed by atoms with van der Waals surface area (Å²) in [6.45, 7) is 2.25. The topological polar surface area (TPSA) is 26.0 Å². The third-order valence-electron chi connectivity index (χ3n) is 2.82. The molecule has 0 bridgehead atoms. The Balaban J connectivity index is 2.23. The molecular formula is C14H17N. The number of anilines is 1. The van der Waals surface area contributed by atoms with Crippen molar-refractivity contribution in [3.63, 3.8) is 0 Å². The van der Waals surface area contributed by atoms with Gasteiger partial charge in [-0.3, -0.25) is 0 Å². The van der Waals surface area contributed by atoms with Crippen LogP contribution in [0.25, 0.3) is 5.57 Å². The lowest BCUT2D eigenvalue weighted by Gasteiger charge is -2.04. The summed E-state index contributed by atoms with van der Waals surface area (Å²) in [5.74, 6) is 0.663. The average Bonchev–Trinajstić information content (AvgIpc) is 2.44. The highest BCUT2D eigenvalue weighted by Gasteiger charge is 2.04. The van der Waals surface area contributed by atoms with E-state index in [1.165, 1.54) is 11.1 Å². The molecule has 15 heavy (non-hydrogen) atoms. The number of rotatable bonds is 1. The van der Waals surface area contributed by atoms with Crippen molar-refractivity contribution in [2.24, 2.45) is 5.92 Å². The van der Waals surface area contributed by atoms with Crippen LogP contribution in [-0.2, 0) is 0 Å². The molecule has 0 heterocycles. The molecule has 0 aromatic heterocycles. The molecule has 0 amide bonds. The molecule has 1 aliphatic rings. The lowest BCUT2D eigenvalue weighted by Crippen LogP contribution is -1.87. The Morgan fingerprint density at radius 1 is 1.20 bits per heavy atom. The second kappa shape index (κ2) is 4.35. The highest BCUT2D eigenvalue weighted by molar-refractivity contribution is 5.68. The van der Waals surface area contributed by atoms with E-state index in [4.69, 9.17) is 5.73 Å². The van der Waals surface area contributed by atoms with E-state index in [9.17, 15) is 0 Å². The van der Waals surface area contributed by atoms with E-state index >= 15 is 0 Å². The standard InChI is InChI=1S/C14H17N/c1-11-3-2-4-12(6-5-11)13-7-9-14(15)10-8-13/h2-3,6-11H,4-5,15H2,1H3. The van der Waals surface area contributed by atoms with Crippen LogP contribution in [0.3, 0.4) is 0 Å². The fourth-order valence-electron chi connectivity index (χ4n) is 1.85. The fraction of sp³-hybridized carbons (Fsp3) is 0.286. The van der Waals surface area contributed by atoms with E-state index in [1.807, 2.05) is 12.1 Å². The maximum absolute atomic E-state index is 5.68. The number of hydrogen-bond acceptors (Lipinski definition) is 1. The molecule has 2 rings (SSSR count). The van der Waals surface area contributed by atoms with E-state index in [1.54, 1.807) is 0 Å². The Bertz CT molecular complexity index is 384. The first kappa shape index (κ1) is 10.0. The normalized spacial score (nSPS) is 20.9. The summed E-state index contributed by atoms with van der Waals surface area (Å²) in [4.78, 5) is 0. The van der Waals surface area contributed by atoms with Crippen LogP contribution < -0.4 is 5.73 Å². The number of nitrogens with two attached hydrogens (primary N) is 1. The zero-order valence-corrected chi connectivity index (χ0v) is 9.11. The predicted molar refractivity (Wildman–Crippen MR) is 66.4 cm³/mol. The number of benzene rings is 1. The lowest BCUT2D eigenvalue weighted by atomic mass is 10.0. The van der Waals surface area contributed by atoms with Gasteiger partial charge in [0.15, 0.2) is 0 Å². The monoisotopic (exact) mass is 199 g/mol. The Morgan fingerprint density at radius 3 is 2.67 bits per heavy atom. The maximum Gasteiger partial charge on any atom is 0.0314 e. The van der Waals surface area contributed by atoms with Crippen molar-refractivity contribution in [1.82, 2.24) is 0 Å². The average molecular weight is 199 g/mol. The smallest absolute Gasteiger partial charge is 0.0314 e. The SMILES string of the molecule is CC1C=CCC(c2ccc(N)cc2)=CC1. The van der Waals surface area contributed by atoms with Gasteiger partial charge >= 0.3 is 0 Å². The zero-order chi connectivity index (χ0) is 10.7. The molecule has 1 nitrogen and oxygen atoms in total. The minimum atomic E-state index is 0.663. The van der Waals surface area contributed by atoms with E-state index < -0.39 is 0 Å². The molecule has 1 heteroatoms. The van der Waals surface area contributed by atoms with Gasteiger partial charge in [0.25, 0.3) is 0 Å². The third kappa shape index (κ3) is 2.50. The summed E-state index contributed by atoms with van der Waals surface area (Å²) in [5, 5.41) is 0. The van der Waals surface area contributed by atoms with Gasteiger partial charge in [-0.05, 0) is 42.0 Å². The maximum atomic E-state index is 5.68. The van der Waals surface area contributed by atoms with Crippen LogP contribution >= 0.6 is 0 Å². The molecular weight excluding hydrogens is 182 g/mol. The van der Waals surface area contributed by atoms with Gasteiger partial charge in [-0.2, -0.15) is 0 Å². The summed E-state index contributed by atoms with van der Waals surface area (Å²) < 4.78 is 0. The Morgan fingerprint density at radius 2 is 1.93 bits per heavy atom. The number of nitrogen functional groups attached to an aromatic ring is 1. The minimum absolute atomic E-state index is 0.663. The molecule has 0 radical (unpaired) electrons. The van der Waals surface area contributed by atoms with Crippen molar-refractivity contribution < 1.29 is 0 Å². The van der Waals surface area contributed by atoms with Gasteiger partial charge in [0.05, 0.1) is 0 Å². The van der Waals surface area contributed by atoms with Crippen molar-refractivity contribution >= 4 is 11.3 Å². The Labute approximate surface area is 91.3 Å². The molecule has 0 aliphatic heterocycles. The van der Waals surface area contributed by atoms with E-state index in [2.05, 4.69) is 37.3 Å². The predicted octanol–water partition coefficient (Wildman–Crippen LogP) is 3.64. The van der Waals surface area contributed by atoms with Crippen LogP contribution in [0.1, 0.15) is 25.3 Å². The molecule has 1 aromatic rings. The number of allylic oxidation sites excluding steroid dienone is 4. The quantitative estimate of drug-likeness (QED) is 0.542. The van der Waals surface area contributed by atoms with Crippen molar-refractivity contribution in [3.05, 3.63) is 48.1 Å². The highest BCUT2D eigenvalue weighted by Crippen LogP contribution is 2.25. The molecule has 0 fully saturated rings. The van der Waals surface area contributed by atoms with Gasteiger partial charge in [0, 0.05) is 5.69 Å². The summed E-state index contributed by atoms with van der Waals surface area (Å²) in [7, 11) is 0. The zero-order valence-electron chi connectivity index (χ0n) is 9.11. The molecule has 1 atom stereocenters. The second-order valence-corrected chi connectivity index (χ2v) is 4.20. The fourth-order valence-corrected chi connectivity index (χ4v) is 1.85. The molecule has 1 aliphatic carbocycles. The molecule has 1 unspecified atom stereocenters. The van der Waals surface area contributed by atoms with E-state index in [0.717, 1.165) is 18.5 Å². The third-order valence-corrected chi connectivity index (χ3v) is 2.82. The lowest BCUT2D eigenvalue weighted by molar-refractivity contribution is 0.748. The first-order valence-electron chi connectivity index (χ1n) is 5.47. The van der Waals surface area contributed by atoms with Gasteiger partial charge in [-0.1, -0.05) is 37.3 Å². The van der Waals surface area contributed by atoms with Crippen LogP contribution in [0.4, 0.5) is 5.69 Å². The van der Waals surface area contributed by atoms with Crippen molar-refractivity contribution in [2.45, 2.75) is 19.8 Å². The first-order chi connectivity index (χ1) is 7.25. The van der Waals surface area contributed by atoms with Gasteiger partial charge in [-0.15, -0.1) is 0 Å². The van der Waals surface area contributed by atoms with E-state index in [0.29, 0.717) is 5.92 Å². The van der Waals surface area contributed by atoms with Gasteiger partial charge in [0.2, 0.25) is 0 Å². The molecule has 0 saturated carbocycles. The van der Waals surface area contributed by atoms with Gasteiger partial charge in [0.1, 0.15) is 0 Å². The van der Waals surface area contributed by atoms with E-state index in [-0.39, 0.29) is 0 Å². The highest BCUT2D eigenvalue weighted by atomic mass is 14.5. The summed E-state index contributed by atoms with van der Waals surface area (Å²) in [5.41, 5.74) is 9.21. The molecule has 0 spiro atoms. The van der Waals surface area contributed by atoms with Crippen LogP contribution in [0.5, 0.6) is 0 Å². The number of hydrogen-bond donors (Lipinski definition) is 1. The Kier molecular flexibility index (Phi) is 2.91. The van der Waals surface area contributed by atoms with Crippen molar-refractivity contribution in [3.8, 4) is 0 Å². The van der Waals surface area contributed by atoms with Crippen molar-refractivity contribution in [2.75, 3.05) is 5.73 Å². The Hall–Kier alpha value is -1.50. The van der Waals surface area contributed by atoms with Crippen molar-refractivity contribution in [1.29, 1.82) is 0 Å². The molecule has 1 aromatic carbocycles. The largest absolute Gasteiger partial charge is 0.399 e. The summed E-state index contributed by atoms with van der Waals surface area (Å²) >= 11 is 0. The van der Waals surface area contributed by atoms with Crippen LogP contribution in [0.15, 0.2) is 42.5 Å². The molecule has 78 valence electrons. The van der Waals surface area contributed by atoms with Crippen LogP contribution in [0, 0.1) is 5.92 Å². The molecule has 2 N–H and O–H groups in total.